The number of carbonyl (C=O) groups is 3. The van der Waals surface area contributed by atoms with Gasteiger partial charge >= 0.3 is 11.9 Å². The molecule has 0 aromatic heterocycles. The van der Waals surface area contributed by atoms with E-state index < -0.39 is 11.9 Å². The first-order valence-electron chi connectivity index (χ1n) is 9.88. The van der Waals surface area contributed by atoms with Crippen molar-refractivity contribution in [2.24, 2.45) is 0 Å². The first kappa shape index (κ1) is 29.2. The molecule has 0 aromatic carbocycles. The minimum atomic E-state index is -0.833. The highest BCUT2D eigenvalue weighted by Crippen LogP contribution is 2.09. The van der Waals surface area contributed by atoms with Gasteiger partial charge in [0, 0.05) is 19.8 Å². The van der Waals surface area contributed by atoms with Crippen molar-refractivity contribution in [3.8, 4) is 0 Å². The van der Waals surface area contributed by atoms with E-state index in [0.29, 0.717) is 19.4 Å². The predicted octanol–water partition coefficient (Wildman–Crippen LogP) is 5.43. The average molecular weight is 377 g/mol. The van der Waals surface area contributed by atoms with Crippen LogP contribution in [0.5, 0.6) is 0 Å². The molecular weight excluding hydrogens is 336 g/mol. The zero-order valence-corrected chi connectivity index (χ0v) is 17.2. The third-order valence-electron chi connectivity index (χ3n) is 3.28. The Labute approximate surface area is 159 Å². The van der Waals surface area contributed by atoms with Crippen LogP contribution in [0.15, 0.2) is 0 Å². The van der Waals surface area contributed by atoms with Crippen molar-refractivity contribution in [3.05, 3.63) is 0 Å². The summed E-state index contributed by atoms with van der Waals surface area (Å²) in [6.07, 6.45) is 12.6. The van der Waals surface area contributed by atoms with Gasteiger partial charge in [0.05, 0.1) is 6.61 Å². The van der Waals surface area contributed by atoms with Crippen LogP contribution >= 0.6 is 0 Å². The number of esters is 1. The largest absolute Gasteiger partial charge is 0.481 e. The number of carboxylic acids is 2. The van der Waals surface area contributed by atoms with Gasteiger partial charge in [0.1, 0.15) is 0 Å². The highest BCUT2D eigenvalue weighted by Gasteiger charge is 1.97. The minimum absolute atomic E-state index is 0.0700. The molecule has 0 atom stereocenters. The molecule has 0 amide bonds. The van der Waals surface area contributed by atoms with E-state index in [1.165, 1.54) is 38.5 Å². The summed E-state index contributed by atoms with van der Waals surface area (Å²) in [5, 5.41) is 15.8. The number of rotatable bonds is 13. The first-order valence-corrected chi connectivity index (χ1v) is 9.88. The third-order valence-corrected chi connectivity index (χ3v) is 3.28. The lowest BCUT2D eigenvalue weighted by Crippen LogP contribution is -2.02. The zero-order chi connectivity index (χ0) is 20.6. The molecule has 0 saturated heterocycles. The Morgan fingerprint density at radius 2 is 1.12 bits per heavy atom. The molecular formula is C20H40O6. The summed E-state index contributed by atoms with van der Waals surface area (Å²) >= 11 is 0. The lowest BCUT2D eigenvalue weighted by atomic mass is 10.1. The van der Waals surface area contributed by atoms with Gasteiger partial charge < -0.3 is 14.9 Å². The Kier molecular flexibility index (Phi) is 28.8. The fourth-order valence-electron chi connectivity index (χ4n) is 1.96. The van der Waals surface area contributed by atoms with Gasteiger partial charge in [-0.25, -0.2) is 0 Å². The summed E-state index contributed by atoms with van der Waals surface area (Å²) in [5.74, 6) is -1.56. The van der Waals surface area contributed by atoms with Gasteiger partial charge in [0.15, 0.2) is 0 Å². The van der Waals surface area contributed by atoms with Gasteiger partial charge in [0.2, 0.25) is 0 Å². The lowest BCUT2D eigenvalue weighted by molar-refractivity contribution is -0.143. The predicted molar refractivity (Wildman–Crippen MR) is 104 cm³/mol. The van der Waals surface area contributed by atoms with Crippen LogP contribution in [0, 0.1) is 0 Å². The molecule has 0 heterocycles. The summed E-state index contributed by atoms with van der Waals surface area (Å²) in [6, 6.07) is 0. The number of aliphatic carboxylic acids is 2. The molecule has 0 aliphatic heterocycles. The maximum absolute atomic E-state index is 10.6. The van der Waals surface area contributed by atoms with Crippen molar-refractivity contribution in [1.82, 2.24) is 0 Å². The zero-order valence-electron chi connectivity index (χ0n) is 17.2. The number of ether oxygens (including phenoxy) is 1. The SMILES string of the molecule is CC(=O)O.CCCCC(=O)OCC.CCCCCCCCCCC(=O)O. The Bertz CT molecular complexity index is 324. The van der Waals surface area contributed by atoms with Gasteiger partial charge in [-0.15, -0.1) is 0 Å². The third kappa shape index (κ3) is 43.3. The second-order valence-electron chi connectivity index (χ2n) is 6.05. The molecule has 0 aliphatic rings. The number of hydrogen-bond donors (Lipinski definition) is 2. The molecule has 2 N–H and O–H groups in total. The topological polar surface area (TPSA) is 101 Å². The summed E-state index contributed by atoms with van der Waals surface area (Å²) in [6.45, 7) is 7.68. The van der Waals surface area contributed by atoms with Crippen LogP contribution < -0.4 is 0 Å². The van der Waals surface area contributed by atoms with E-state index in [-0.39, 0.29) is 5.97 Å². The van der Waals surface area contributed by atoms with Crippen LogP contribution in [0.3, 0.4) is 0 Å². The maximum Gasteiger partial charge on any atom is 0.305 e. The summed E-state index contributed by atoms with van der Waals surface area (Å²) in [5.41, 5.74) is 0. The van der Waals surface area contributed by atoms with Crippen molar-refractivity contribution in [3.63, 3.8) is 0 Å². The number of carbonyl (C=O) groups excluding carboxylic acids is 1. The quantitative estimate of drug-likeness (QED) is 0.328. The molecule has 0 unspecified atom stereocenters. The van der Waals surface area contributed by atoms with Crippen molar-refractivity contribution < 1.29 is 29.3 Å². The van der Waals surface area contributed by atoms with E-state index in [2.05, 4.69) is 13.8 Å². The summed E-state index contributed by atoms with van der Waals surface area (Å²) in [7, 11) is 0. The van der Waals surface area contributed by atoms with E-state index in [1.807, 2.05) is 6.92 Å². The Balaban J connectivity index is -0.000000352. The molecule has 0 radical (unpaired) electrons. The first-order chi connectivity index (χ1) is 12.3. The monoisotopic (exact) mass is 376 g/mol. The van der Waals surface area contributed by atoms with Crippen LogP contribution in [0.1, 0.15) is 105 Å². The van der Waals surface area contributed by atoms with Crippen LogP contribution in [0.25, 0.3) is 0 Å². The maximum atomic E-state index is 10.6. The average Bonchev–Trinajstić information content (AvgIpc) is 2.55. The smallest absolute Gasteiger partial charge is 0.305 e. The normalized spacial score (nSPS) is 9.23. The second-order valence-corrected chi connectivity index (χ2v) is 6.05. The van der Waals surface area contributed by atoms with Crippen molar-refractivity contribution in [2.75, 3.05) is 6.61 Å². The standard InChI is InChI=1S/C11H22O2.C7H14O2.C2H4O2/c1-2-3-4-5-6-7-8-9-10-11(12)13;1-3-5-6-7(8)9-4-2;1-2(3)4/h2-10H2,1H3,(H,12,13);3-6H2,1-2H3;1H3,(H,3,4). The molecule has 0 rings (SSSR count). The van der Waals surface area contributed by atoms with Gasteiger partial charge in [-0.05, 0) is 19.8 Å². The minimum Gasteiger partial charge on any atom is -0.481 e. The molecule has 0 spiro atoms. The molecule has 156 valence electrons. The van der Waals surface area contributed by atoms with Crippen LogP contribution in [0.4, 0.5) is 0 Å². The van der Waals surface area contributed by atoms with Crippen molar-refractivity contribution in [2.45, 2.75) is 105 Å². The van der Waals surface area contributed by atoms with Gasteiger partial charge in [-0.3, -0.25) is 14.4 Å². The highest BCUT2D eigenvalue weighted by atomic mass is 16.5. The fourth-order valence-corrected chi connectivity index (χ4v) is 1.96. The second kappa shape index (κ2) is 25.6. The molecule has 0 aliphatic carbocycles. The Hall–Kier alpha value is -1.59. The number of unbranched alkanes of at least 4 members (excludes halogenated alkanes) is 8. The van der Waals surface area contributed by atoms with Gasteiger partial charge in [0.25, 0.3) is 5.97 Å². The molecule has 0 bridgehead atoms. The molecule has 0 fully saturated rings. The molecule has 26 heavy (non-hydrogen) atoms. The van der Waals surface area contributed by atoms with E-state index in [9.17, 15) is 9.59 Å². The van der Waals surface area contributed by atoms with Crippen LogP contribution in [-0.2, 0) is 19.1 Å². The number of carboxylic acid groups (broad SMARTS) is 2. The van der Waals surface area contributed by atoms with Gasteiger partial charge in [-0.2, -0.15) is 0 Å². The molecule has 0 aromatic rings. The number of hydrogen-bond acceptors (Lipinski definition) is 4. The van der Waals surface area contributed by atoms with Crippen molar-refractivity contribution >= 4 is 17.9 Å². The van der Waals surface area contributed by atoms with Gasteiger partial charge in [-0.1, -0.05) is 65.2 Å². The van der Waals surface area contributed by atoms with Crippen LogP contribution in [-0.4, -0.2) is 34.7 Å². The lowest BCUT2D eigenvalue weighted by Gasteiger charge is -1.99. The summed E-state index contributed by atoms with van der Waals surface area (Å²) in [4.78, 5) is 29.8. The fraction of sp³-hybridized carbons (Fsp3) is 0.850. The molecule has 6 heteroatoms. The molecule has 6 nitrogen and oxygen atoms in total. The van der Waals surface area contributed by atoms with Crippen LogP contribution in [0.2, 0.25) is 0 Å². The highest BCUT2D eigenvalue weighted by molar-refractivity contribution is 5.69. The van der Waals surface area contributed by atoms with Crippen molar-refractivity contribution in [1.29, 1.82) is 0 Å². The van der Waals surface area contributed by atoms with E-state index in [1.54, 1.807) is 0 Å². The van der Waals surface area contributed by atoms with E-state index >= 15 is 0 Å². The molecule has 0 saturated carbocycles. The van der Waals surface area contributed by atoms with E-state index in [4.69, 9.17) is 19.7 Å². The summed E-state index contributed by atoms with van der Waals surface area (Å²) < 4.78 is 4.70. The van der Waals surface area contributed by atoms with E-state index in [0.717, 1.165) is 32.6 Å². The Morgan fingerprint density at radius 1 is 0.692 bits per heavy atom. The Morgan fingerprint density at radius 3 is 1.50 bits per heavy atom.